The van der Waals surface area contributed by atoms with Crippen molar-refractivity contribution in [3.63, 3.8) is 0 Å². The van der Waals surface area contributed by atoms with Crippen LogP contribution in [0.3, 0.4) is 0 Å². The topological polar surface area (TPSA) is 82.8 Å². The molecule has 0 saturated carbocycles. The molecule has 6 nitrogen and oxygen atoms in total. The third-order valence-electron chi connectivity index (χ3n) is 3.12. The van der Waals surface area contributed by atoms with E-state index in [0.717, 1.165) is 19.4 Å². The first-order chi connectivity index (χ1) is 8.96. The average molecular weight is 266 g/mol. The molecule has 1 aliphatic heterocycles. The van der Waals surface area contributed by atoms with E-state index in [1.807, 2.05) is 4.90 Å². The van der Waals surface area contributed by atoms with Crippen molar-refractivity contribution in [1.29, 1.82) is 0 Å². The van der Waals surface area contributed by atoms with Crippen LogP contribution in [-0.4, -0.2) is 47.1 Å². The predicted molar refractivity (Wildman–Crippen MR) is 67.5 cm³/mol. The van der Waals surface area contributed by atoms with Gasteiger partial charge in [0.1, 0.15) is 0 Å². The number of rotatable bonds is 3. The summed E-state index contributed by atoms with van der Waals surface area (Å²) >= 11 is 0. The van der Waals surface area contributed by atoms with Crippen LogP contribution in [0.15, 0.2) is 22.8 Å². The Balaban J connectivity index is 1.83. The van der Waals surface area contributed by atoms with Crippen molar-refractivity contribution in [1.82, 2.24) is 10.2 Å². The maximum Gasteiger partial charge on any atom is 0.293 e. The summed E-state index contributed by atoms with van der Waals surface area (Å²) in [5.74, 6) is -0.822. The number of hydrogen-bond acceptors (Lipinski definition) is 5. The highest BCUT2D eigenvalue weighted by molar-refractivity contribution is 6.03. The molecule has 1 atom stereocenters. The van der Waals surface area contributed by atoms with Crippen LogP contribution < -0.4 is 5.32 Å². The van der Waals surface area contributed by atoms with E-state index in [1.54, 1.807) is 13.0 Å². The number of imide groups is 1. The Hall–Kier alpha value is -1.66. The summed E-state index contributed by atoms with van der Waals surface area (Å²) in [7, 11) is 0. The van der Waals surface area contributed by atoms with Gasteiger partial charge in [0.25, 0.3) is 5.91 Å². The summed E-state index contributed by atoms with van der Waals surface area (Å²) in [6.07, 6.45) is 2.95. The molecule has 2 heterocycles. The minimum Gasteiger partial charge on any atom is -0.459 e. The third-order valence-corrected chi connectivity index (χ3v) is 3.12. The summed E-state index contributed by atoms with van der Waals surface area (Å²) < 4.78 is 4.90. The molecule has 6 heteroatoms. The lowest BCUT2D eigenvalue weighted by molar-refractivity contribution is -0.122. The van der Waals surface area contributed by atoms with Crippen molar-refractivity contribution in [3.8, 4) is 0 Å². The number of carbonyl (C=O) groups excluding carboxylic acids is 2. The Labute approximate surface area is 111 Å². The molecule has 0 spiro atoms. The normalized spacial score (nSPS) is 24.1. The lowest BCUT2D eigenvalue weighted by atomic mass is 9.95. The number of piperidine rings is 1. The van der Waals surface area contributed by atoms with E-state index in [9.17, 15) is 14.7 Å². The molecule has 0 radical (unpaired) electrons. The van der Waals surface area contributed by atoms with Gasteiger partial charge in [0, 0.05) is 6.54 Å². The van der Waals surface area contributed by atoms with Crippen molar-refractivity contribution in [3.05, 3.63) is 24.2 Å². The first-order valence-electron chi connectivity index (χ1n) is 6.29. The molecule has 0 aliphatic carbocycles. The van der Waals surface area contributed by atoms with Crippen LogP contribution in [0.5, 0.6) is 0 Å². The van der Waals surface area contributed by atoms with Gasteiger partial charge >= 0.3 is 0 Å². The Morgan fingerprint density at radius 1 is 1.58 bits per heavy atom. The fourth-order valence-corrected chi connectivity index (χ4v) is 2.30. The van der Waals surface area contributed by atoms with Crippen LogP contribution in [0.2, 0.25) is 0 Å². The zero-order valence-corrected chi connectivity index (χ0v) is 10.9. The van der Waals surface area contributed by atoms with E-state index >= 15 is 0 Å². The van der Waals surface area contributed by atoms with Gasteiger partial charge in [-0.25, -0.2) is 0 Å². The molecule has 1 aliphatic rings. The molecule has 1 unspecified atom stereocenters. The second-order valence-corrected chi connectivity index (χ2v) is 5.17. The summed E-state index contributed by atoms with van der Waals surface area (Å²) in [5, 5.41) is 12.2. The maximum atomic E-state index is 11.7. The number of aliphatic hydroxyl groups is 1. The van der Waals surface area contributed by atoms with Crippen molar-refractivity contribution in [2.75, 3.05) is 19.6 Å². The van der Waals surface area contributed by atoms with E-state index < -0.39 is 11.5 Å². The molecular formula is C13H18N2O4. The third kappa shape index (κ3) is 3.90. The number of furan rings is 1. The summed E-state index contributed by atoms with van der Waals surface area (Å²) in [4.78, 5) is 25.2. The first kappa shape index (κ1) is 13.8. The highest BCUT2D eigenvalue weighted by atomic mass is 16.3. The monoisotopic (exact) mass is 266 g/mol. The van der Waals surface area contributed by atoms with Gasteiger partial charge in [-0.2, -0.15) is 0 Å². The van der Waals surface area contributed by atoms with Crippen molar-refractivity contribution in [2.45, 2.75) is 25.4 Å². The smallest absolute Gasteiger partial charge is 0.293 e. The van der Waals surface area contributed by atoms with Crippen LogP contribution >= 0.6 is 0 Å². The van der Waals surface area contributed by atoms with Gasteiger partial charge in [-0.3, -0.25) is 19.8 Å². The largest absolute Gasteiger partial charge is 0.459 e. The standard InChI is InChI=1S/C13H18N2O4/c1-13(18)5-3-6-15(9-13)8-11(16)14-12(17)10-4-2-7-19-10/h2,4,7,18H,3,5-6,8-9H2,1H3,(H,14,16,17). The first-order valence-corrected chi connectivity index (χ1v) is 6.29. The van der Waals surface area contributed by atoms with Crippen molar-refractivity contribution < 1.29 is 19.1 Å². The lowest BCUT2D eigenvalue weighted by Crippen LogP contribution is -2.49. The summed E-state index contributed by atoms with van der Waals surface area (Å²) in [5.41, 5.74) is -0.760. The molecule has 1 fully saturated rings. The van der Waals surface area contributed by atoms with Gasteiger partial charge in [0.15, 0.2) is 5.76 Å². The molecule has 1 saturated heterocycles. The zero-order chi connectivity index (χ0) is 13.9. The molecule has 2 amide bonds. The van der Waals surface area contributed by atoms with Crippen LogP contribution in [0.25, 0.3) is 0 Å². The van der Waals surface area contributed by atoms with Gasteiger partial charge < -0.3 is 9.52 Å². The SMILES string of the molecule is CC1(O)CCCN(CC(=O)NC(=O)c2ccco2)C1. The second kappa shape index (κ2) is 5.54. The van der Waals surface area contributed by atoms with E-state index in [1.165, 1.54) is 12.3 Å². The Bertz CT molecular complexity index is 453. The van der Waals surface area contributed by atoms with E-state index in [2.05, 4.69) is 5.32 Å². The van der Waals surface area contributed by atoms with Crippen molar-refractivity contribution in [2.24, 2.45) is 0 Å². The molecule has 2 N–H and O–H groups in total. The number of amides is 2. The molecule has 2 rings (SSSR count). The minimum atomic E-state index is -0.760. The van der Waals surface area contributed by atoms with Gasteiger partial charge in [-0.15, -0.1) is 0 Å². The molecular weight excluding hydrogens is 248 g/mol. The quantitative estimate of drug-likeness (QED) is 0.826. The highest BCUT2D eigenvalue weighted by Crippen LogP contribution is 2.19. The fraction of sp³-hybridized carbons (Fsp3) is 0.538. The lowest BCUT2D eigenvalue weighted by Gasteiger charge is -2.36. The second-order valence-electron chi connectivity index (χ2n) is 5.17. The molecule has 0 bridgehead atoms. The number of carbonyl (C=O) groups is 2. The number of nitrogens with one attached hydrogen (secondary N) is 1. The molecule has 104 valence electrons. The number of β-amino-alcohol motifs (C(OH)–C–C–N with tert-alkyl or cyclic N) is 1. The highest BCUT2D eigenvalue weighted by Gasteiger charge is 2.29. The van der Waals surface area contributed by atoms with Crippen LogP contribution in [0, 0.1) is 0 Å². The van der Waals surface area contributed by atoms with Gasteiger partial charge in [-0.05, 0) is 38.4 Å². The van der Waals surface area contributed by atoms with Crippen LogP contribution in [0.1, 0.15) is 30.3 Å². The number of likely N-dealkylation sites (tertiary alicyclic amines) is 1. The Kier molecular flexibility index (Phi) is 4.01. The number of hydrogen-bond donors (Lipinski definition) is 2. The Morgan fingerprint density at radius 2 is 2.37 bits per heavy atom. The minimum absolute atomic E-state index is 0.0998. The van der Waals surface area contributed by atoms with E-state index in [4.69, 9.17) is 4.42 Å². The van der Waals surface area contributed by atoms with Gasteiger partial charge in [0.05, 0.1) is 18.4 Å². The Morgan fingerprint density at radius 3 is 3.00 bits per heavy atom. The summed E-state index contributed by atoms with van der Waals surface area (Å²) in [6, 6.07) is 3.08. The number of nitrogens with zero attached hydrogens (tertiary/aromatic N) is 1. The van der Waals surface area contributed by atoms with Crippen LogP contribution in [0.4, 0.5) is 0 Å². The fourth-order valence-electron chi connectivity index (χ4n) is 2.30. The summed E-state index contributed by atoms with van der Waals surface area (Å²) in [6.45, 7) is 3.04. The zero-order valence-electron chi connectivity index (χ0n) is 10.9. The van der Waals surface area contributed by atoms with Crippen LogP contribution in [-0.2, 0) is 4.79 Å². The predicted octanol–water partition coefficient (Wildman–Crippen LogP) is 0.383. The molecule has 1 aromatic heterocycles. The maximum absolute atomic E-state index is 11.7. The van der Waals surface area contributed by atoms with E-state index in [0.29, 0.717) is 6.54 Å². The molecule has 19 heavy (non-hydrogen) atoms. The molecule has 1 aromatic rings. The average Bonchev–Trinajstić information content (AvgIpc) is 2.80. The van der Waals surface area contributed by atoms with Gasteiger partial charge in [-0.1, -0.05) is 0 Å². The van der Waals surface area contributed by atoms with Crippen molar-refractivity contribution >= 4 is 11.8 Å². The molecule has 0 aromatic carbocycles. The van der Waals surface area contributed by atoms with E-state index in [-0.39, 0.29) is 18.2 Å². The van der Waals surface area contributed by atoms with Gasteiger partial charge in [0.2, 0.25) is 5.91 Å².